The second-order valence-corrected chi connectivity index (χ2v) is 9.78. The average molecular weight is 538 g/mol. The quantitative estimate of drug-likeness (QED) is 0.330. The van der Waals surface area contributed by atoms with Gasteiger partial charge in [0.1, 0.15) is 19.1 Å². The zero-order chi connectivity index (χ0) is 27.5. The summed E-state index contributed by atoms with van der Waals surface area (Å²) in [6.45, 7) is 0.902. The van der Waals surface area contributed by atoms with Crippen molar-refractivity contribution in [3.05, 3.63) is 80.6 Å². The van der Waals surface area contributed by atoms with Crippen LogP contribution in [0.5, 0.6) is 5.75 Å². The zero-order valence-electron chi connectivity index (χ0n) is 21.5. The van der Waals surface area contributed by atoms with Crippen molar-refractivity contribution in [3.8, 4) is 17.0 Å². The van der Waals surface area contributed by atoms with Gasteiger partial charge in [0.05, 0.1) is 23.1 Å². The Kier molecular flexibility index (Phi) is 7.58. The predicted octanol–water partition coefficient (Wildman–Crippen LogP) is 3.39. The normalized spacial score (nSPS) is 14.3. The minimum Gasteiger partial charge on any atom is -0.485 e. The van der Waals surface area contributed by atoms with Gasteiger partial charge in [-0.05, 0) is 49.6 Å². The Labute approximate surface area is 222 Å². The first kappa shape index (κ1) is 26.3. The van der Waals surface area contributed by atoms with Gasteiger partial charge in [0.2, 0.25) is 6.41 Å². The Hall–Kier alpha value is -4.28. The summed E-state index contributed by atoms with van der Waals surface area (Å²) in [7, 11) is 0. The van der Waals surface area contributed by atoms with Crippen LogP contribution in [0.4, 0.5) is 8.78 Å². The van der Waals surface area contributed by atoms with Crippen LogP contribution in [0.25, 0.3) is 22.2 Å². The molecule has 204 valence electrons. The molecule has 1 N–H and O–H groups in total. The molecule has 0 bridgehead atoms. The minimum atomic E-state index is -1.28. The monoisotopic (exact) mass is 537 g/mol. The van der Waals surface area contributed by atoms with E-state index in [4.69, 9.17) is 4.74 Å². The molecule has 9 nitrogen and oxygen atoms in total. The van der Waals surface area contributed by atoms with Gasteiger partial charge in [0, 0.05) is 30.4 Å². The van der Waals surface area contributed by atoms with E-state index in [1.807, 2.05) is 37.3 Å². The fraction of sp³-hybridized carbons (Fsp3) is 0.357. The van der Waals surface area contributed by atoms with Crippen LogP contribution in [0.2, 0.25) is 0 Å². The molecule has 1 saturated heterocycles. The Morgan fingerprint density at radius 2 is 1.79 bits per heavy atom. The highest BCUT2D eigenvalue weighted by atomic mass is 19.1. The number of ether oxygens (including phenoxy) is 1. The van der Waals surface area contributed by atoms with Crippen molar-refractivity contribution in [2.75, 3.05) is 26.4 Å². The largest absolute Gasteiger partial charge is 0.485 e. The molecule has 0 saturated carbocycles. The number of carbonyl (C=O) groups is 1. The first-order valence-corrected chi connectivity index (χ1v) is 12.8. The van der Waals surface area contributed by atoms with Crippen molar-refractivity contribution in [1.29, 1.82) is 0 Å². The Bertz CT molecular complexity index is 1580. The first-order valence-electron chi connectivity index (χ1n) is 12.8. The lowest BCUT2D eigenvalue weighted by Gasteiger charge is -2.31. The summed E-state index contributed by atoms with van der Waals surface area (Å²) in [4.78, 5) is 40.3. The number of alkyl halides is 2. The maximum Gasteiger partial charge on any atom is 0.332 e. The highest BCUT2D eigenvalue weighted by molar-refractivity contribution is 5.80. The van der Waals surface area contributed by atoms with E-state index < -0.39 is 30.7 Å². The second kappa shape index (κ2) is 11.2. The highest BCUT2D eigenvalue weighted by Crippen LogP contribution is 2.26. The molecular weight excluding hydrogens is 508 g/mol. The van der Waals surface area contributed by atoms with Crippen LogP contribution in [0.3, 0.4) is 0 Å². The number of nitrogens with one attached hydrogen (secondary N) is 1. The lowest BCUT2D eigenvalue weighted by molar-refractivity contribution is -0.119. The van der Waals surface area contributed by atoms with Crippen LogP contribution in [-0.2, 0) is 11.3 Å². The molecule has 0 spiro atoms. The third kappa shape index (κ3) is 5.34. The van der Waals surface area contributed by atoms with E-state index in [1.54, 1.807) is 15.5 Å². The van der Waals surface area contributed by atoms with Gasteiger partial charge in [-0.2, -0.15) is 5.10 Å². The minimum absolute atomic E-state index is 0.0311. The summed E-state index contributed by atoms with van der Waals surface area (Å²) >= 11 is 0. The number of likely N-dealkylation sites (tertiary alicyclic amines) is 1. The van der Waals surface area contributed by atoms with Gasteiger partial charge in [-0.15, -0.1) is 0 Å². The molecule has 2 aromatic carbocycles. The number of H-pyrrole nitrogens is 1. The van der Waals surface area contributed by atoms with Crippen molar-refractivity contribution < 1.29 is 18.3 Å². The molecule has 0 atom stereocenters. The topological polar surface area (TPSA) is 102 Å². The predicted molar refractivity (Wildman–Crippen MR) is 143 cm³/mol. The molecule has 0 unspecified atom stereocenters. The molecule has 0 aliphatic carbocycles. The Morgan fingerprint density at radius 3 is 2.41 bits per heavy atom. The molecule has 1 aliphatic rings. The van der Waals surface area contributed by atoms with Crippen molar-refractivity contribution in [2.45, 2.75) is 38.5 Å². The second-order valence-electron chi connectivity index (χ2n) is 9.78. The van der Waals surface area contributed by atoms with Crippen molar-refractivity contribution in [1.82, 2.24) is 24.2 Å². The average Bonchev–Trinajstić information content (AvgIpc) is 3.41. The third-order valence-electron chi connectivity index (χ3n) is 7.10. The van der Waals surface area contributed by atoms with Crippen LogP contribution in [0.15, 0.2) is 58.1 Å². The number of amides is 1. The third-order valence-corrected chi connectivity index (χ3v) is 7.10. The maximum atomic E-state index is 13.8. The number of hydrogen-bond donors (Lipinski definition) is 1. The number of hydrogen-bond acceptors (Lipinski definition) is 5. The molecule has 11 heteroatoms. The van der Waals surface area contributed by atoms with Gasteiger partial charge in [-0.3, -0.25) is 23.8 Å². The summed E-state index contributed by atoms with van der Waals surface area (Å²) in [6.07, 6.45) is 0.614. The lowest BCUT2D eigenvalue weighted by atomic mass is 10.0. The van der Waals surface area contributed by atoms with E-state index in [0.29, 0.717) is 31.4 Å². The van der Waals surface area contributed by atoms with Gasteiger partial charge in [0.15, 0.2) is 6.10 Å². The van der Waals surface area contributed by atoms with Crippen LogP contribution < -0.4 is 16.0 Å². The smallest absolute Gasteiger partial charge is 0.332 e. The molecule has 4 aromatic rings. The molecular formula is C28H29F2N5O4. The number of carbonyl (C=O) groups excluding carboxylic acids is 1. The molecule has 0 radical (unpaired) electrons. The molecule has 3 heterocycles. The van der Waals surface area contributed by atoms with Gasteiger partial charge >= 0.3 is 5.69 Å². The number of halogens is 2. The summed E-state index contributed by atoms with van der Waals surface area (Å²) < 4.78 is 34.4. The summed E-state index contributed by atoms with van der Waals surface area (Å²) in [5.41, 5.74) is 2.80. The Morgan fingerprint density at radius 1 is 1.08 bits per heavy atom. The van der Waals surface area contributed by atoms with E-state index in [2.05, 4.69) is 10.2 Å². The van der Waals surface area contributed by atoms with Crippen molar-refractivity contribution >= 4 is 17.3 Å². The van der Waals surface area contributed by atoms with Crippen LogP contribution in [0.1, 0.15) is 30.1 Å². The van der Waals surface area contributed by atoms with Gasteiger partial charge in [0.25, 0.3) is 5.56 Å². The lowest BCUT2D eigenvalue weighted by Crippen LogP contribution is -2.44. The number of nitrogens with zero attached hydrogens (tertiary/aromatic N) is 4. The number of benzene rings is 2. The van der Waals surface area contributed by atoms with E-state index in [9.17, 15) is 23.2 Å². The standard InChI is InChI=1S/C28H29F2N5O4/c1-18-12-25(32-31-18)20-4-2-19(3-5-20)16-34-27(37)24-13-22(39-23(14-29)15-30)6-7-26(24)35(28(34)38)21-8-10-33(17-36)11-9-21/h2-7,12-13,17,21,23H,8-11,14-16H2,1H3,(H,31,32). The zero-order valence-corrected chi connectivity index (χ0v) is 21.5. The molecule has 1 aliphatic heterocycles. The number of piperidine rings is 1. The van der Waals surface area contributed by atoms with Crippen molar-refractivity contribution in [3.63, 3.8) is 0 Å². The molecule has 5 rings (SSSR count). The highest BCUT2D eigenvalue weighted by Gasteiger charge is 2.25. The van der Waals surface area contributed by atoms with Gasteiger partial charge in [-0.1, -0.05) is 24.3 Å². The maximum absolute atomic E-state index is 13.8. The van der Waals surface area contributed by atoms with Crippen molar-refractivity contribution in [2.24, 2.45) is 0 Å². The summed E-state index contributed by atoms with van der Waals surface area (Å²) in [5.74, 6) is 0.145. The number of aromatic nitrogens is 4. The molecule has 39 heavy (non-hydrogen) atoms. The number of aromatic amines is 1. The number of rotatable bonds is 9. The van der Waals surface area contributed by atoms with Crippen LogP contribution >= 0.6 is 0 Å². The summed E-state index contributed by atoms with van der Waals surface area (Å²) in [6, 6.07) is 13.7. The molecule has 1 fully saturated rings. The van der Waals surface area contributed by atoms with E-state index in [0.717, 1.165) is 28.9 Å². The summed E-state index contributed by atoms with van der Waals surface area (Å²) in [5, 5.41) is 7.38. The Balaban J connectivity index is 1.57. The molecule has 1 amide bonds. The fourth-order valence-corrected chi connectivity index (χ4v) is 5.00. The number of aryl methyl sites for hydroxylation is 1. The number of fused-ring (bicyclic) bond motifs is 1. The molecule has 2 aromatic heterocycles. The van der Waals surface area contributed by atoms with E-state index >= 15 is 0 Å². The fourth-order valence-electron chi connectivity index (χ4n) is 5.00. The van der Waals surface area contributed by atoms with E-state index in [-0.39, 0.29) is 23.7 Å². The van der Waals surface area contributed by atoms with Crippen LogP contribution in [-0.4, -0.2) is 63.2 Å². The van der Waals surface area contributed by atoms with Gasteiger partial charge < -0.3 is 9.64 Å². The first-order chi connectivity index (χ1) is 18.9. The van der Waals surface area contributed by atoms with Crippen LogP contribution in [0, 0.1) is 6.92 Å². The van der Waals surface area contributed by atoms with Gasteiger partial charge in [-0.25, -0.2) is 13.6 Å². The SMILES string of the molecule is Cc1cc(-c2ccc(Cn3c(=O)c4cc(OC(CF)CF)ccc4n(C4CCN(C=O)CC4)c3=O)cc2)n[nH]1. The van der Waals surface area contributed by atoms with E-state index in [1.165, 1.54) is 16.7 Å².